The highest BCUT2D eigenvalue weighted by molar-refractivity contribution is 9.09. The summed E-state index contributed by atoms with van der Waals surface area (Å²) < 4.78 is 25.7. The second kappa shape index (κ2) is 4.34. The zero-order chi connectivity index (χ0) is 11.1. The van der Waals surface area contributed by atoms with Gasteiger partial charge in [-0.1, -0.05) is 22.9 Å². The Balaban J connectivity index is 1.97. The van der Waals surface area contributed by atoms with Crippen LogP contribution in [0.15, 0.2) is 0 Å². The Morgan fingerprint density at radius 2 is 2.00 bits per heavy atom. The van der Waals surface area contributed by atoms with Crippen molar-refractivity contribution in [2.75, 3.05) is 18.8 Å². The predicted octanol–water partition coefficient (Wildman–Crippen LogP) is 1.83. The van der Waals surface area contributed by atoms with Crippen LogP contribution in [-0.2, 0) is 10.0 Å². The van der Waals surface area contributed by atoms with Crippen LogP contribution < -0.4 is 0 Å². The molecule has 2 aliphatic rings. The number of hydrogen-bond acceptors (Lipinski definition) is 2. The molecule has 0 aromatic heterocycles. The highest BCUT2D eigenvalue weighted by Gasteiger charge is 2.35. The molecule has 0 bridgehead atoms. The average Bonchev–Trinajstić information content (AvgIpc) is 2.92. The zero-order valence-electron chi connectivity index (χ0n) is 9.02. The smallest absolute Gasteiger partial charge is 0.212 e. The van der Waals surface area contributed by atoms with Gasteiger partial charge in [-0.05, 0) is 31.1 Å². The molecule has 1 heterocycles. The summed E-state index contributed by atoms with van der Waals surface area (Å²) in [7, 11) is -2.97. The second-order valence-electron chi connectivity index (χ2n) is 4.86. The summed E-state index contributed by atoms with van der Waals surface area (Å²) in [6.07, 6.45) is 3.17. The van der Waals surface area contributed by atoms with Gasteiger partial charge >= 0.3 is 0 Å². The summed E-state index contributed by atoms with van der Waals surface area (Å²) in [6.45, 7) is 3.53. The van der Waals surface area contributed by atoms with E-state index in [9.17, 15) is 8.42 Å². The molecule has 3 nitrogen and oxygen atoms in total. The first-order valence-electron chi connectivity index (χ1n) is 5.61. The molecule has 0 N–H and O–H groups in total. The number of hydrogen-bond donors (Lipinski definition) is 0. The van der Waals surface area contributed by atoms with Crippen molar-refractivity contribution in [3.63, 3.8) is 0 Å². The van der Waals surface area contributed by atoms with Crippen molar-refractivity contribution in [3.05, 3.63) is 0 Å². The van der Waals surface area contributed by atoms with Crippen molar-refractivity contribution in [3.8, 4) is 0 Å². The molecule has 2 atom stereocenters. The van der Waals surface area contributed by atoms with Crippen LogP contribution in [0.5, 0.6) is 0 Å². The van der Waals surface area contributed by atoms with E-state index < -0.39 is 10.0 Å². The summed E-state index contributed by atoms with van der Waals surface area (Å²) >= 11 is 3.56. The van der Waals surface area contributed by atoms with Gasteiger partial charge in [0.05, 0.1) is 5.75 Å². The minimum absolute atomic E-state index is 0.320. The van der Waals surface area contributed by atoms with Crippen LogP contribution >= 0.6 is 15.9 Å². The Labute approximate surface area is 100 Å². The molecule has 15 heavy (non-hydrogen) atoms. The number of piperidine rings is 1. The van der Waals surface area contributed by atoms with E-state index in [1.807, 2.05) is 0 Å². The predicted molar refractivity (Wildman–Crippen MR) is 64.6 cm³/mol. The van der Waals surface area contributed by atoms with Crippen molar-refractivity contribution in [2.24, 2.45) is 11.8 Å². The van der Waals surface area contributed by atoms with Crippen LogP contribution in [0, 0.1) is 11.8 Å². The molecule has 0 amide bonds. The highest BCUT2D eigenvalue weighted by Crippen LogP contribution is 2.32. The SMILES string of the molecule is CC1CCN(S(=O)(=O)CC2CC2)CC1Br. The van der Waals surface area contributed by atoms with Gasteiger partial charge in [0, 0.05) is 17.9 Å². The van der Waals surface area contributed by atoms with E-state index in [0.29, 0.717) is 35.5 Å². The Morgan fingerprint density at radius 3 is 2.53 bits per heavy atom. The fourth-order valence-electron chi connectivity index (χ4n) is 1.93. The quantitative estimate of drug-likeness (QED) is 0.745. The Kier molecular flexibility index (Phi) is 3.43. The summed E-state index contributed by atoms with van der Waals surface area (Å²) in [5.74, 6) is 1.40. The maximum atomic E-state index is 12.0. The van der Waals surface area contributed by atoms with Gasteiger partial charge in [-0.25, -0.2) is 12.7 Å². The van der Waals surface area contributed by atoms with E-state index in [-0.39, 0.29) is 0 Å². The fraction of sp³-hybridized carbons (Fsp3) is 1.00. The Bertz CT molecular complexity index is 326. The van der Waals surface area contributed by atoms with Gasteiger partial charge in [-0.2, -0.15) is 0 Å². The third-order valence-electron chi connectivity index (χ3n) is 3.37. The van der Waals surface area contributed by atoms with Crippen LogP contribution in [0.25, 0.3) is 0 Å². The summed E-state index contributed by atoms with van der Waals surface area (Å²) in [4.78, 5) is 0.320. The summed E-state index contributed by atoms with van der Waals surface area (Å²) in [5, 5.41) is 0. The second-order valence-corrected chi connectivity index (χ2v) is 8.05. The topological polar surface area (TPSA) is 37.4 Å². The van der Waals surface area contributed by atoms with E-state index in [0.717, 1.165) is 19.3 Å². The van der Waals surface area contributed by atoms with E-state index in [2.05, 4.69) is 22.9 Å². The molecular weight excluding hydrogens is 278 g/mol. The van der Waals surface area contributed by atoms with Crippen LogP contribution in [0.3, 0.4) is 0 Å². The summed E-state index contributed by atoms with van der Waals surface area (Å²) in [5.41, 5.74) is 0. The van der Waals surface area contributed by atoms with Crippen LogP contribution in [0.1, 0.15) is 26.2 Å². The van der Waals surface area contributed by atoms with Gasteiger partial charge in [0.15, 0.2) is 0 Å². The fourth-order valence-corrected chi connectivity index (χ4v) is 4.65. The molecule has 0 spiro atoms. The molecule has 1 saturated carbocycles. The Morgan fingerprint density at radius 1 is 1.33 bits per heavy atom. The van der Waals surface area contributed by atoms with Crippen molar-refractivity contribution in [2.45, 2.75) is 31.0 Å². The summed E-state index contributed by atoms with van der Waals surface area (Å²) in [6, 6.07) is 0. The molecule has 2 rings (SSSR count). The normalized spacial score (nSPS) is 34.3. The lowest BCUT2D eigenvalue weighted by Gasteiger charge is -2.33. The standard InChI is InChI=1S/C10H18BrNO2S/c1-8-4-5-12(6-10(8)11)15(13,14)7-9-2-3-9/h8-10H,2-7H2,1H3. The number of rotatable bonds is 3. The molecule has 1 aliphatic carbocycles. The number of halogens is 1. The Hall–Kier alpha value is 0.390. The molecule has 1 aliphatic heterocycles. The monoisotopic (exact) mass is 295 g/mol. The first-order valence-corrected chi connectivity index (χ1v) is 8.13. The average molecular weight is 296 g/mol. The van der Waals surface area contributed by atoms with E-state index in [1.54, 1.807) is 4.31 Å². The lowest BCUT2D eigenvalue weighted by molar-refractivity contribution is 0.299. The van der Waals surface area contributed by atoms with Gasteiger partial charge in [0.1, 0.15) is 0 Å². The maximum Gasteiger partial charge on any atom is 0.214 e. The van der Waals surface area contributed by atoms with Crippen molar-refractivity contribution in [1.29, 1.82) is 0 Å². The van der Waals surface area contributed by atoms with Gasteiger partial charge in [0.2, 0.25) is 10.0 Å². The minimum Gasteiger partial charge on any atom is -0.212 e. The third kappa shape index (κ3) is 2.94. The molecular formula is C10H18BrNO2S. The molecule has 0 aromatic rings. The van der Waals surface area contributed by atoms with Crippen LogP contribution in [0.2, 0.25) is 0 Å². The first kappa shape index (κ1) is 11.9. The molecule has 5 heteroatoms. The van der Waals surface area contributed by atoms with Crippen molar-refractivity contribution >= 4 is 26.0 Å². The number of nitrogens with zero attached hydrogens (tertiary/aromatic N) is 1. The molecule has 1 saturated heterocycles. The maximum absolute atomic E-state index is 12.0. The lowest BCUT2D eigenvalue weighted by Crippen LogP contribution is -2.44. The van der Waals surface area contributed by atoms with E-state index in [4.69, 9.17) is 0 Å². The minimum atomic E-state index is -2.97. The lowest BCUT2D eigenvalue weighted by atomic mass is 10.0. The molecule has 2 fully saturated rings. The molecule has 0 radical (unpaired) electrons. The highest BCUT2D eigenvalue weighted by atomic mass is 79.9. The van der Waals surface area contributed by atoms with Gasteiger partial charge < -0.3 is 0 Å². The first-order chi connectivity index (χ1) is 6.99. The van der Waals surface area contributed by atoms with Gasteiger partial charge in [-0.15, -0.1) is 0 Å². The largest absolute Gasteiger partial charge is 0.214 e. The van der Waals surface area contributed by atoms with Crippen molar-refractivity contribution in [1.82, 2.24) is 4.31 Å². The molecule has 88 valence electrons. The number of alkyl halides is 1. The van der Waals surface area contributed by atoms with Crippen LogP contribution in [-0.4, -0.2) is 36.4 Å². The van der Waals surface area contributed by atoms with Crippen molar-refractivity contribution < 1.29 is 8.42 Å². The van der Waals surface area contributed by atoms with Crippen LogP contribution in [0.4, 0.5) is 0 Å². The van der Waals surface area contributed by atoms with E-state index >= 15 is 0 Å². The van der Waals surface area contributed by atoms with E-state index in [1.165, 1.54) is 0 Å². The molecule has 2 unspecified atom stereocenters. The molecule has 0 aromatic carbocycles. The zero-order valence-corrected chi connectivity index (χ0v) is 11.4. The third-order valence-corrected chi connectivity index (χ3v) is 6.57. The van der Waals surface area contributed by atoms with Gasteiger partial charge in [0.25, 0.3) is 0 Å². The van der Waals surface area contributed by atoms with Gasteiger partial charge in [-0.3, -0.25) is 0 Å². The number of sulfonamides is 1.